The lowest BCUT2D eigenvalue weighted by molar-refractivity contribution is -0.130. The minimum atomic E-state index is -0.185. The Hall–Kier alpha value is -2.25. The third kappa shape index (κ3) is 5.22. The Kier molecular flexibility index (Phi) is 6.25. The molecule has 0 radical (unpaired) electrons. The van der Waals surface area contributed by atoms with Gasteiger partial charge in [-0.3, -0.25) is 9.20 Å². The highest BCUT2D eigenvalue weighted by atomic mass is 32.1. The number of likely N-dealkylation sites (N-methyl/N-ethyl adjacent to an activating group) is 1. The zero-order chi connectivity index (χ0) is 20.2. The van der Waals surface area contributed by atoms with Gasteiger partial charge >= 0.3 is 0 Å². The Labute approximate surface area is 174 Å². The number of hydrogen-bond donors (Lipinski definition) is 0. The van der Waals surface area contributed by atoms with Gasteiger partial charge < -0.3 is 9.80 Å². The maximum atomic E-state index is 13.0. The summed E-state index contributed by atoms with van der Waals surface area (Å²) >= 11 is 1.58. The van der Waals surface area contributed by atoms with Gasteiger partial charge in [-0.15, -0.1) is 11.3 Å². The molecule has 29 heavy (non-hydrogen) atoms. The molecule has 1 saturated heterocycles. The van der Waals surface area contributed by atoms with Crippen LogP contribution in [0.3, 0.4) is 0 Å². The van der Waals surface area contributed by atoms with Crippen LogP contribution in [0.4, 0.5) is 4.39 Å². The number of likely N-dealkylation sites (tertiary alicyclic amines) is 1. The molecule has 3 heterocycles. The van der Waals surface area contributed by atoms with E-state index in [9.17, 15) is 9.18 Å². The Morgan fingerprint density at radius 2 is 2.17 bits per heavy atom. The van der Waals surface area contributed by atoms with Gasteiger partial charge in [-0.1, -0.05) is 12.1 Å². The number of benzene rings is 1. The number of piperidine rings is 1. The average Bonchev–Trinajstić information content (AvgIpc) is 3.29. The van der Waals surface area contributed by atoms with Gasteiger partial charge in [0.2, 0.25) is 5.91 Å². The number of carbonyl (C=O) groups is 1. The van der Waals surface area contributed by atoms with Crippen molar-refractivity contribution < 1.29 is 9.18 Å². The highest BCUT2D eigenvalue weighted by molar-refractivity contribution is 7.15. The highest BCUT2D eigenvalue weighted by Gasteiger charge is 2.23. The Bertz CT molecular complexity index is 923. The summed E-state index contributed by atoms with van der Waals surface area (Å²) in [5, 5.41) is 1.99. The smallest absolute Gasteiger partial charge is 0.228 e. The standard InChI is InChI=1S/C22H27FN4OS/c1-25(21(28)13-20-16-27-11-12-29-22(27)24-20)14-18-3-2-9-26(15-18)10-8-17-4-6-19(23)7-5-17/h4-7,11-12,16,18H,2-3,8-10,13-15H2,1H3/t18-/m0/s1. The van der Waals surface area contributed by atoms with E-state index in [1.165, 1.54) is 17.7 Å². The molecule has 1 amide bonds. The highest BCUT2D eigenvalue weighted by Crippen LogP contribution is 2.19. The van der Waals surface area contributed by atoms with E-state index in [4.69, 9.17) is 0 Å². The van der Waals surface area contributed by atoms with Crippen LogP contribution in [-0.4, -0.2) is 58.3 Å². The second kappa shape index (κ2) is 9.05. The molecule has 1 fully saturated rings. The second-order valence-electron chi connectivity index (χ2n) is 7.96. The molecule has 0 saturated carbocycles. The van der Waals surface area contributed by atoms with Crippen LogP contribution in [0, 0.1) is 11.7 Å². The van der Waals surface area contributed by atoms with Crippen molar-refractivity contribution in [1.29, 1.82) is 0 Å². The van der Waals surface area contributed by atoms with Gasteiger partial charge in [0.25, 0.3) is 0 Å². The van der Waals surface area contributed by atoms with Crippen molar-refractivity contribution in [2.75, 3.05) is 33.2 Å². The van der Waals surface area contributed by atoms with Crippen molar-refractivity contribution in [3.63, 3.8) is 0 Å². The number of nitrogens with zero attached hydrogens (tertiary/aromatic N) is 4. The molecule has 2 aromatic heterocycles. The summed E-state index contributed by atoms with van der Waals surface area (Å²) in [6.45, 7) is 3.87. The summed E-state index contributed by atoms with van der Waals surface area (Å²) in [6, 6.07) is 6.78. The maximum absolute atomic E-state index is 13.0. The molecular formula is C22H27FN4OS. The van der Waals surface area contributed by atoms with Crippen molar-refractivity contribution in [1.82, 2.24) is 19.2 Å². The fraction of sp³-hybridized carbons (Fsp3) is 0.455. The molecule has 7 heteroatoms. The van der Waals surface area contributed by atoms with Gasteiger partial charge in [-0.25, -0.2) is 9.37 Å². The molecule has 0 N–H and O–H groups in total. The molecule has 1 aliphatic rings. The number of hydrogen-bond acceptors (Lipinski definition) is 4. The first-order chi connectivity index (χ1) is 14.1. The van der Waals surface area contributed by atoms with Gasteiger partial charge in [0.05, 0.1) is 12.1 Å². The van der Waals surface area contributed by atoms with Crippen molar-refractivity contribution in [3.05, 3.63) is 59.1 Å². The van der Waals surface area contributed by atoms with Gasteiger partial charge in [0.15, 0.2) is 4.96 Å². The van der Waals surface area contributed by atoms with Crippen molar-refractivity contribution >= 4 is 22.2 Å². The van der Waals surface area contributed by atoms with E-state index >= 15 is 0 Å². The predicted molar refractivity (Wildman–Crippen MR) is 114 cm³/mol. The van der Waals surface area contributed by atoms with E-state index in [-0.39, 0.29) is 11.7 Å². The number of fused-ring (bicyclic) bond motifs is 1. The van der Waals surface area contributed by atoms with Crippen LogP contribution in [0.25, 0.3) is 4.96 Å². The van der Waals surface area contributed by atoms with E-state index in [0.717, 1.165) is 56.1 Å². The number of carbonyl (C=O) groups excluding carboxylic acids is 1. The maximum Gasteiger partial charge on any atom is 0.228 e. The lowest BCUT2D eigenvalue weighted by Gasteiger charge is -2.34. The van der Waals surface area contributed by atoms with E-state index in [1.807, 2.05) is 46.3 Å². The summed E-state index contributed by atoms with van der Waals surface area (Å²) in [6.07, 6.45) is 7.51. The lowest BCUT2D eigenvalue weighted by Crippen LogP contribution is -2.42. The van der Waals surface area contributed by atoms with Crippen LogP contribution in [0.15, 0.2) is 42.0 Å². The number of amides is 1. The van der Waals surface area contributed by atoms with Crippen LogP contribution in [0.1, 0.15) is 24.1 Å². The molecule has 5 nitrogen and oxygen atoms in total. The van der Waals surface area contributed by atoms with Crippen LogP contribution in [0.2, 0.25) is 0 Å². The summed E-state index contributed by atoms with van der Waals surface area (Å²) in [5.41, 5.74) is 2.00. The molecule has 1 aliphatic heterocycles. The molecule has 1 atom stereocenters. The summed E-state index contributed by atoms with van der Waals surface area (Å²) in [4.78, 5) is 22.4. The molecule has 154 valence electrons. The monoisotopic (exact) mass is 414 g/mol. The summed E-state index contributed by atoms with van der Waals surface area (Å²) in [7, 11) is 1.90. The molecule has 0 aliphatic carbocycles. The van der Waals surface area contributed by atoms with E-state index in [2.05, 4.69) is 9.88 Å². The minimum Gasteiger partial charge on any atom is -0.345 e. The minimum absolute atomic E-state index is 0.124. The Balaban J connectivity index is 1.25. The molecule has 0 bridgehead atoms. The normalized spacial score (nSPS) is 17.7. The Morgan fingerprint density at radius 1 is 1.34 bits per heavy atom. The Morgan fingerprint density at radius 3 is 2.97 bits per heavy atom. The first kappa shape index (κ1) is 20.0. The van der Waals surface area contributed by atoms with Crippen LogP contribution in [-0.2, 0) is 17.6 Å². The summed E-state index contributed by atoms with van der Waals surface area (Å²) in [5.74, 6) is 0.436. The van der Waals surface area contributed by atoms with Crippen molar-refractivity contribution in [2.45, 2.75) is 25.7 Å². The molecule has 0 spiro atoms. The third-order valence-corrected chi connectivity index (χ3v) is 6.44. The largest absolute Gasteiger partial charge is 0.345 e. The van der Waals surface area contributed by atoms with E-state index in [0.29, 0.717) is 12.3 Å². The van der Waals surface area contributed by atoms with E-state index in [1.54, 1.807) is 11.3 Å². The lowest BCUT2D eigenvalue weighted by atomic mass is 9.97. The SMILES string of the molecule is CN(C[C@@H]1CCCN(CCc2ccc(F)cc2)C1)C(=O)Cc1cn2ccsc2n1. The third-order valence-electron chi connectivity index (χ3n) is 5.67. The molecule has 0 unspecified atom stereocenters. The van der Waals surface area contributed by atoms with Gasteiger partial charge in [0, 0.05) is 44.5 Å². The second-order valence-corrected chi connectivity index (χ2v) is 8.83. The van der Waals surface area contributed by atoms with Crippen LogP contribution < -0.4 is 0 Å². The average molecular weight is 415 g/mol. The quantitative estimate of drug-likeness (QED) is 0.594. The first-order valence-electron chi connectivity index (χ1n) is 10.2. The topological polar surface area (TPSA) is 40.9 Å². The molecule has 1 aromatic carbocycles. The number of aromatic nitrogens is 2. The van der Waals surface area contributed by atoms with Crippen LogP contribution in [0.5, 0.6) is 0 Å². The van der Waals surface area contributed by atoms with Crippen molar-refractivity contribution in [2.24, 2.45) is 5.92 Å². The number of rotatable bonds is 7. The number of thiazole rings is 1. The summed E-state index contributed by atoms with van der Waals surface area (Å²) < 4.78 is 15.0. The van der Waals surface area contributed by atoms with Crippen LogP contribution >= 0.6 is 11.3 Å². The van der Waals surface area contributed by atoms with Gasteiger partial charge in [-0.2, -0.15) is 0 Å². The first-order valence-corrected chi connectivity index (χ1v) is 11.1. The number of imidazole rings is 1. The molecule has 4 rings (SSSR count). The predicted octanol–water partition coefficient (Wildman–Crippen LogP) is 3.49. The molecular weight excluding hydrogens is 387 g/mol. The zero-order valence-electron chi connectivity index (χ0n) is 16.8. The fourth-order valence-electron chi connectivity index (χ4n) is 4.08. The van der Waals surface area contributed by atoms with Gasteiger partial charge in [-0.05, 0) is 49.4 Å². The zero-order valence-corrected chi connectivity index (χ0v) is 17.6. The number of halogens is 1. The van der Waals surface area contributed by atoms with E-state index < -0.39 is 0 Å². The fourth-order valence-corrected chi connectivity index (χ4v) is 4.80. The molecule has 3 aromatic rings. The van der Waals surface area contributed by atoms with Gasteiger partial charge in [0.1, 0.15) is 5.82 Å². The van der Waals surface area contributed by atoms with Crippen molar-refractivity contribution in [3.8, 4) is 0 Å².